The first-order valence-electron chi connectivity index (χ1n) is 44.0. The van der Waals surface area contributed by atoms with Crippen LogP contribution in [0.2, 0.25) is 0 Å². The molecule has 0 aliphatic heterocycles. The van der Waals surface area contributed by atoms with Crippen LogP contribution in [0.15, 0.2) is 114 Å². The molecule has 0 aromatic heterocycles. The summed E-state index contributed by atoms with van der Waals surface area (Å²) in [5.74, 6) is 2.80. The molecule has 0 radical (unpaired) electrons. The Balaban J connectivity index is 0.000000136. The van der Waals surface area contributed by atoms with Gasteiger partial charge in [-0.2, -0.15) is 0 Å². The number of rotatable bonds is 11. The van der Waals surface area contributed by atoms with Crippen molar-refractivity contribution in [2.75, 3.05) is 0 Å². The monoisotopic (exact) mass is 1510 g/mol. The van der Waals surface area contributed by atoms with Crippen LogP contribution >= 0.6 is 0 Å². The number of hydrogen-bond acceptors (Lipinski definition) is 6. The molecule has 10 heteroatoms. The molecule has 3 unspecified atom stereocenters. The quantitative estimate of drug-likeness (QED) is 0.123. The maximum Gasteiger partial charge on any atom is 0.309 e. The first-order chi connectivity index (χ1) is 51.4. The molecule has 1 aromatic carbocycles. The van der Waals surface area contributed by atoms with E-state index in [0.717, 1.165) is 128 Å². The Bertz CT molecular complexity index is 3860. The maximum atomic E-state index is 12.0. The second-order valence-electron chi connectivity index (χ2n) is 42.7. The van der Waals surface area contributed by atoms with Gasteiger partial charge in [-0.3, -0.25) is 24.0 Å². The first-order valence-corrected chi connectivity index (χ1v) is 44.0. The van der Waals surface area contributed by atoms with Crippen molar-refractivity contribution in [1.82, 2.24) is 0 Å². The summed E-state index contributed by atoms with van der Waals surface area (Å²) in [4.78, 5) is 58.8. The third kappa shape index (κ3) is 15.0. The van der Waals surface area contributed by atoms with Crippen molar-refractivity contribution in [1.29, 1.82) is 0 Å². The number of carbonyl (C=O) groups excluding carboxylic acids is 1. The van der Waals surface area contributed by atoms with Crippen LogP contribution in [0, 0.1) is 119 Å². The molecule has 0 spiro atoms. The zero-order chi connectivity index (χ0) is 80.6. The van der Waals surface area contributed by atoms with Crippen LogP contribution in [0.5, 0.6) is 0 Å². The Kier molecular flexibility index (Phi) is 24.3. The number of carboxylic acid groups (broad SMARTS) is 4. The lowest BCUT2D eigenvalue weighted by Crippen LogP contribution is -2.55. The Labute approximate surface area is 665 Å². The van der Waals surface area contributed by atoms with E-state index in [9.17, 15) is 44.4 Å². The summed E-state index contributed by atoms with van der Waals surface area (Å²) >= 11 is 0. The van der Waals surface area contributed by atoms with Crippen molar-refractivity contribution in [2.45, 2.75) is 340 Å². The van der Waals surface area contributed by atoms with Gasteiger partial charge in [0.1, 0.15) is 5.60 Å². The fraction of sp³-hybridized carbons (Fsp3) is 0.730. The number of hydrogen-bond donors (Lipinski definition) is 4. The van der Waals surface area contributed by atoms with Gasteiger partial charge in [-0.25, -0.2) is 0 Å². The molecule has 110 heavy (non-hydrogen) atoms. The van der Waals surface area contributed by atoms with E-state index in [1.54, 1.807) is 22.3 Å². The van der Waals surface area contributed by atoms with Gasteiger partial charge in [-0.1, -0.05) is 198 Å². The van der Waals surface area contributed by atoms with Crippen molar-refractivity contribution in [3.63, 3.8) is 0 Å². The number of ether oxygens (including phenoxy) is 1. The number of allylic oxidation sites excluding steroid dienone is 13. The summed E-state index contributed by atoms with van der Waals surface area (Å²) in [6, 6.07) is 6.92. The van der Waals surface area contributed by atoms with Crippen LogP contribution in [-0.2, 0) is 40.5 Å². The minimum Gasteiger partial charge on any atom is -0.481 e. The molecular weight excluding hydrogens is 1360 g/mol. The van der Waals surface area contributed by atoms with Gasteiger partial charge < -0.3 is 25.2 Å². The van der Waals surface area contributed by atoms with E-state index in [2.05, 4.69) is 177 Å². The predicted molar refractivity (Wildman–Crippen MR) is 447 cm³/mol. The van der Waals surface area contributed by atoms with Gasteiger partial charge in [0.15, 0.2) is 0 Å². The van der Waals surface area contributed by atoms with Gasteiger partial charge in [0.2, 0.25) is 0 Å². The highest BCUT2D eigenvalue weighted by atomic mass is 16.5. The number of carbonyl (C=O) groups is 5. The second-order valence-corrected chi connectivity index (χ2v) is 42.7. The third-order valence-corrected chi connectivity index (χ3v) is 35.6. The Morgan fingerprint density at radius 3 is 1.37 bits per heavy atom. The summed E-state index contributed by atoms with van der Waals surface area (Å²) in [7, 11) is 0. The molecule has 10 nitrogen and oxygen atoms in total. The molecule has 4 N–H and O–H groups in total. The summed E-state index contributed by atoms with van der Waals surface area (Å²) in [5, 5.41) is 39.3. The van der Waals surface area contributed by atoms with E-state index in [1.807, 2.05) is 27.7 Å². The Morgan fingerprint density at radius 1 is 0.445 bits per heavy atom. The van der Waals surface area contributed by atoms with Gasteiger partial charge in [-0.05, 0) is 334 Å². The molecule has 8 saturated carbocycles. The second kappa shape index (κ2) is 31.3. The minimum atomic E-state index is -0.606. The average Bonchev–Trinajstić information content (AvgIpc) is 0.739. The molecule has 22 atom stereocenters. The summed E-state index contributed by atoms with van der Waals surface area (Å²) < 4.78 is 5.62. The fourth-order valence-corrected chi connectivity index (χ4v) is 28.3. The van der Waals surface area contributed by atoms with E-state index < -0.39 is 45.5 Å². The zero-order valence-electron chi connectivity index (χ0n) is 71.8. The van der Waals surface area contributed by atoms with Crippen LogP contribution in [0.4, 0.5) is 0 Å². The van der Waals surface area contributed by atoms with Gasteiger partial charge >= 0.3 is 23.9 Å². The van der Waals surface area contributed by atoms with Crippen LogP contribution in [-0.4, -0.2) is 56.4 Å². The lowest BCUT2D eigenvalue weighted by molar-refractivity contribution is -0.169. The van der Waals surface area contributed by atoms with E-state index in [1.165, 1.54) is 99.3 Å². The summed E-state index contributed by atoms with van der Waals surface area (Å²) in [6.07, 6.45) is 53.1. The number of aliphatic carboxylic acids is 4. The van der Waals surface area contributed by atoms with Crippen molar-refractivity contribution < 1.29 is 49.1 Å². The zero-order valence-corrected chi connectivity index (χ0v) is 71.8. The lowest BCUT2D eigenvalue weighted by atomic mass is 9.45. The van der Waals surface area contributed by atoms with E-state index in [0.29, 0.717) is 53.8 Å². The number of carboxylic acids is 4. The van der Waals surface area contributed by atoms with Crippen LogP contribution in [0.1, 0.15) is 339 Å². The SMILES string of the molecule is C=C[C@@]1(C)C=C2CC[C@@H]3[C@](C)(CCC[C@@]3(C)C(=O)O)[C@H]2CC1.C=C[C@@]1(C)CCC2C(=CCC3C2(C)CCC[C@@]3(C)OC=O)C1.C=C[C@@]1(C)CC[C@H]2C(=CC[C@@H]3[C@]2(C)CCC[C@@]3(C)C(=O)O)C1.CC(C)C1=CC2=CC[C@@H]3[C@](C)(CCC[C@@]3(C)C(=O)O)[C@H]2CC1.CC(C)c1ccc2c(c1)CC[C@H]1[C@](C)(C(=O)O)CCC[C@]21C. The van der Waals surface area contributed by atoms with Crippen molar-refractivity contribution in [2.24, 2.45) is 119 Å². The molecular formula is C100H148O10. The maximum absolute atomic E-state index is 12.0. The smallest absolute Gasteiger partial charge is 0.309 e. The normalized spacial score (nSPS) is 43.8. The largest absolute Gasteiger partial charge is 0.481 e. The van der Waals surface area contributed by atoms with Crippen molar-refractivity contribution in [3.05, 3.63) is 131 Å². The summed E-state index contributed by atoms with van der Waals surface area (Å²) in [6.45, 7) is 50.8. The highest BCUT2D eigenvalue weighted by Gasteiger charge is 2.63. The van der Waals surface area contributed by atoms with E-state index >= 15 is 0 Å². The minimum absolute atomic E-state index is 0.0223. The number of fused-ring (bicyclic) bond motifs is 15. The molecule has 0 amide bonds. The van der Waals surface area contributed by atoms with Gasteiger partial charge in [-0.15, -0.1) is 19.7 Å². The fourth-order valence-electron chi connectivity index (χ4n) is 28.3. The van der Waals surface area contributed by atoms with Crippen LogP contribution < -0.4 is 0 Å². The van der Waals surface area contributed by atoms with Gasteiger partial charge in [0.05, 0.1) is 21.7 Å². The topological polar surface area (TPSA) is 175 Å². The van der Waals surface area contributed by atoms with E-state index in [-0.39, 0.29) is 66.7 Å². The van der Waals surface area contributed by atoms with Crippen LogP contribution in [0.25, 0.3) is 0 Å². The number of benzene rings is 1. The van der Waals surface area contributed by atoms with Crippen molar-refractivity contribution >= 4 is 30.3 Å². The average molecular weight is 1510 g/mol. The predicted octanol–water partition coefficient (Wildman–Crippen LogP) is 25.6. The van der Waals surface area contributed by atoms with Gasteiger partial charge in [0, 0.05) is 11.3 Å². The third-order valence-electron chi connectivity index (χ3n) is 35.6. The van der Waals surface area contributed by atoms with Crippen LogP contribution in [0.3, 0.4) is 0 Å². The Morgan fingerprint density at radius 2 is 0.882 bits per heavy atom. The van der Waals surface area contributed by atoms with Gasteiger partial charge in [0.25, 0.3) is 6.47 Å². The molecule has 8 fully saturated rings. The molecule has 14 aliphatic rings. The molecule has 0 saturated heterocycles. The molecule has 1 aromatic rings. The molecule has 14 aliphatic carbocycles. The molecule has 608 valence electrons. The standard InChI is InChI=1S/C20H30O2.C20H28O2.3C20H30O2/c2*1-13(2)14-6-8-16-15(12-14)7-9-17-19(16,3)10-5-11-20(17,4)18(21)22;1-5-18(2)12-9-16-15(13-18)7-8-17-19(16,3)10-6-11-20(17,4)22-14-21;2*1-5-18(2)12-9-15-14(13-18)7-8-16-19(15,3)10-6-11-20(16,4)17(21)22/h7,12-13,16-17H,5-6,8-11H2,1-4H3,(H,21,22);6,8,12-13,17H,5,7,9-11H2,1-4H3,(H,21,22);5,7,14,16-17H,1,6,8-13H2,2-4H3;5,13,15-16H,1,6-12H2,2-4H3,(H,21,22);5,7,15-16H,1,6,8-13H2,2-4H3,(H,21,22)/t16-,17+,19+,20+;17-,19-,20-;16?,17?,18-,19?,20+;15-,16+,18+,19+,20+;15-,16+,18-,19+,20+/m01000/s1. The lowest BCUT2D eigenvalue weighted by Gasteiger charge is -2.59. The summed E-state index contributed by atoms with van der Waals surface area (Å²) in [5.41, 5.74) is 11.1. The highest BCUT2D eigenvalue weighted by Crippen LogP contribution is 2.69. The van der Waals surface area contributed by atoms with Crippen molar-refractivity contribution in [3.8, 4) is 0 Å². The molecule has 0 heterocycles. The Hall–Kier alpha value is -5.51. The van der Waals surface area contributed by atoms with E-state index in [4.69, 9.17) is 4.74 Å². The molecule has 0 bridgehead atoms. The number of aryl methyl sites for hydroxylation is 1. The molecule has 15 rings (SSSR count). The first kappa shape index (κ1) is 85.4. The highest BCUT2D eigenvalue weighted by molar-refractivity contribution is 5.77.